The van der Waals surface area contributed by atoms with E-state index in [1.165, 1.54) is 6.92 Å². The summed E-state index contributed by atoms with van der Waals surface area (Å²) in [5.74, 6) is -0.498. The Morgan fingerprint density at radius 2 is 1.56 bits per heavy atom. The molecule has 3 rings (SSSR count). The van der Waals surface area contributed by atoms with E-state index in [4.69, 9.17) is 18.9 Å². The molecule has 0 aliphatic carbocycles. The highest BCUT2D eigenvalue weighted by atomic mass is 16.7. The molecule has 6 nitrogen and oxygen atoms in total. The lowest BCUT2D eigenvalue weighted by Crippen LogP contribution is -2.40. The Labute approximate surface area is 158 Å². The summed E-state index contributed by atoms with van der Waals surface area (Å²) < 4.78 is 22.4. The Bertz CT molecular complexity index is 705. The van der Waals surface area contributed by atoms with Gasteiger partial charge in [-0.25, -0.2) is 0 Å². The van der Waals surface area contributed by atoms with E-state index < -0.39 is 30.6 Å². The van der Waals surface area contributed by atoms with E-state index in [-0.39, 0.29) is 6.61 Å². The minimum Gasteiger partial charge on any atom is -0.454 e. The van der Waals surface area contributed by atoms with Gasteiger partial charge in [-0.2, -0.15) is 0 Å². The number of carbonyl (C=O) groups excluding carboxylic acids is 1. The molecular formula is C21H24O6. The lowest BCUT2D eigenvalue weighted by atomic mass is 10.1. The Morgan fingerprint density at radius 1 is 0.963 bits per heavy atom. The van der Waals surface area contributed by atoms with Gasteiger partial charge in [-0.3, -0.25) is 4.79 Å². The summed E-state index contributed by atoms with van der Waals surface area (Å²) in [5.41, 5.74) is 2.01. The van der Waals surface area contributed by atoms with Crippen molar-refractivity contribution >= 4 is 5.97 Å². The molecule has 0 radical (unpaired) electrons. The van der Waals surface area contributed by atoms with Gasteiger partial charge in [-0.1, -0.05) is 60.7 Å². The molecule has 0 unspecified atom stereocenters. The van der Waals surface area contributed by atoms with Crippen LogP contribution in [0.4, 0.5) is 0 Å². The molecule has 4 atom stereocenters. The van der Waals surface area contributed by atoms with Gasteiger partial charge in [0.15, 0.2) is 12.4 Å². The highest BCUT2D eigenvalue weighted by Crippen LogP contribution is 2.27. The maximum absolute atomic E-state index is 11.4. The molecule has 1 aliphatic heterocycles. The van der Waals surface area contributed by atoms with Crippen LogP contribution in [0.15, 0.2) is 60.7 Å². The average Bonchev–Trinajstić information content (AvgIpc) is 2.96. The third-order valence-corrected chi connectivity index (χ3v) is 4.27. The predicted octanol–water partition coefficient (Wildman–Crippen LogP) is 2.44. The summed E-state index contributed by atoms with van der Waals surface area (Å²) in [6, 6.07) is 19.4. The lowest BCUT2D eigenvalue weighted by molar-refractivity contribution is -0.172. The molecule has 144 valence electrons. The molecule has 2 aromatic carbocycles. The molecule has 6 heteroatoms. The maximum Gasteiger partial charge on any atom is 0.303 e. The largest absolute Gasteiger partial charge is 0.454 e. The SMILES string of the molecule is CC(=O)O[C@@H]1[C@@H](OCc2ccccc2)[C@@H](COCc2ccccc2)O[C@H]1O. The van der Waals surface area contributed by atoms with Crippen molar-refractivity contribution in [1.82, 2.24) is 0 Å². The molecule has 0 spiro atoms. The fraction of sp³-hybridized carbons (Fsp3) is 0.381. The molecule has 27 heavy (non-hydrogen) atoms. The van der Waals surface area contributed by atoms with Crippen molar-refractivity contribution in [1.29, 1.82) is 0 Å². The van der Waals surface area contributed by atoms with E-state index in [2.05, 4.69) is 0 Å². The first-order chi connectivity index (χ1) is 13.1. The van der Waals surface area contributed by atoms with Gasteiger partial charge in [-0.15, -0.1) is 0 Å². The summed E-state index contributed by atoms with van der Waals surface area (Å²) >= 11 is 0. The molecule has 0 bridgehead atoms. The van der Waals surface area contributed by atoms with Crippen molar-refractivity contribution in [2.24, 2.45) is 0 Å². The molecule has 1 heterocycles. The molecule has 2 aromatic rings. The lowest BCUT2D eigenvalue weighted by Gasteiger charge is -2.23. The number of hydrogen-bond donors (Lipinski definition) is 1. The molecule has 1 N–H and O–H groups in total. The molecule has 1 fully saturated rings. The van der Waals surface area contributed by atoms with Crippen LogP contribution in [0.2, 0.25) is 0 Å². The summed E-state index contributed by atoms with van der Waals surface area (Å²) in [5, 5.41) is 10.2. The fourth-order valence-electron chi connectivity index (χ4n) is 2.99. The zero-order chi connectivity index (χ0) is 19.1. The normalized spacial score (nSPS) is 24.7. The average molecular weight is 372 g/mol. The summed E-state index contributed by atoms with van der Waals surface area (Å²) in [7, 11) is 0. The number of aliphatic hydroxyl groups is 1. The second kappa shape index (κ2) is 9.62. The van der Waals surface area contributed by atoms with Crippen molar-refractivity contribution in [3.05, 3.63) is 71.8 Å². The second-order valence-corrected chi connectivity index (χ2v) is 6.40. The van der Waals surface area contributed by atoms with E-state index in [1.807, 2.05) is 60.7 Å². The second-order valence-electron chi connectivity index (χ2n) is 6.40. The number of aliphatic hydroxyl groups excluding tert-OH is 1. The van der Waals surface area contributed by atoms with Crippen molar-refractivity contribution in [3.8, 4) is 0 Å². The quantitative estimate of drug-likeness (QED) is 0.718. The Hall–Kier alpha value is -2.25. The fourth-order valence-corrected chi connectivity index (χ4v) is 2.99. The van der Waals surface area contributed by atoms with Crippen LogP contribution in [-0.4, -0.2) is 42.3 Å². The van der Waals surface area contributed by atoms with Gasteiger partial charge < -0.3 is 24.1 Å². The minimum absolute atomic E-state index is 0.211. The number of esters is 1. The molecule has 1 aliphatic rings. The third-order valence-electron chi connectivity index (χ3n) is 4.27. The zero-order valence-corrected chi connectivity index (χ0v) is 15.2. The highest BCUT2D eigenvalue weighted by Gasteiger charge is 2.47. The molecule has 0 saturated carbocycles. The predicted molar refractivity (Wildman–Crippen MR) is 97.6 cm³/mol. The number of benzene rings is 2. The molecular weight excluding hydrogens is 348 g/mol. The van der Waals surface area contributed by atoms with Crippen LogP contribution in [0.5, 0.6) is 0 Å². The minimum atomic E-state index is -1.25. The van der Waals surface area contributed by atoms with Gasteiger partial charge in [0, 0.05) is 6.92 Å². The van der Waals surface area contributed by atoms with Crippen LogP contribution < -0.4 is 0 Å². The van der Waals surface area contributed by atoms with Crippen LogP contribution in [0.3, 0.4) is 0 Å². The number of hydrogen-bond acceptors (Lipinski definition) is 6. The summed E-state index contributed by atoms with van der Waals surface area (Å²) in [6.45, 7) is 2.23. The zero-order valence-electron chi connectivity index (χ0n) is 15.2. The van der Waals surface area contributed by atoms with E-state index in [0.29, 0.717) is 13.2 Å². The first-order valence-corrected chi connectivity index (χ1v) is 8.91. The highest BCUT2D eigenvalue weighted by molar-refractivity contribution is 5.66. The molecule has 0 aromatic heterocycles. The van der Waals surface area contributed by atoms with Gasteiger partial charge in [0.2, 0.25) is 0 Å². The topological polar surface area (TPSA) is 74.2 Å². The van der Waals surface area contributed by atoms with Crippen LogP contribution in [0.1, 0.15) is 18.1 Å². The van der Waals surface area contributed by atoms with Crippen molar-refractivity contribution in [2.45, 2.75) is 44.7 Å². The van der Waals surface area contributed by atoms with Gasteiger partial charge >= 0.3 is 5.97 Å². The first-order valence-electron chi connectivity index (χ1n) is 8.91. The van der Waals surface area contributed by atoms with Gasteiger partial charge in [-0.05, 0) is 11.1 Å². The number of rotatable bonds is 8. The Kier molecular flexibility index (Phi) is 6.95. The molecule has 1 saturated heterocycles. The Morgan fingerprint density at radius 3 is 2.15 bits per heavy atom. The maximum atomic E-state index is 11.4. The standard InChI is InChI=1S/C21H24O6/c1-15(22)26-20-19(25-13-17-10-6-3-7-11-17)18(27-21(20)23)14-24-12-16-8-4-2-5-9-16/h2-11,18-21,23H,12-14H2,1H3/t18-,19+,20-,21-/m1/s1. The van der Waals surface area contributed by atoms with E-state index >= 15 is 0 Å². The van der Waals surface area contributed by atoms with Crippen LogP contribution in [0, 0.1) is 0 Å². The van der Waals surface area contributed by atoms with Crippen LogP contribution >= 0.6 is 0 Å². The monoisotopic (exact) mass is 372 g/mol. The summed E-state index contributed by atoms with van der Waals surface area (Å²) in [6.07, 6.45) is -3.31. The van der Waals surface area contributed by atoms with Gasteiger partial charge in [0.05, 0.1) is 19.8 Å². The van der Waals surface area contributed by atoms with E-state index in [9.17, 15) is 9.90 Å². The van der Waals surface area contributed by atoms with Crippen molar-refractivity contribution in [2.75, 3.05) is 6.61 Å². The van der Waals surface area contributed by atoms with Crippen LogP contribution in [0.25, 0.3) is 0 Å². The van der Waals surface area contributed by atoms with Crippen LogP contribution in [-0.2, 0) is 37.0 Å². The van der Waals surface area contributed by atoms with Gasteiger partial charge in [0.25, 0.3) is 0 Å². The van der Waals surface area contributed by atoms with Gasteiger partial charge in [0.1, 0.15) is 12.2 Å². The van der Waals surface area contributed by atoms with Crippen molar-refractivity contribution in [3.63, 3.8) is 0 Å². The van der Waals surface area contributed by atoms with E-state index in [0.717, 1.165) is 11.1 Å². The number of carbonyl (C=O) groups is 1. The Balaban J connectivity index is 1.61. The third kappa shape index (κ3) is 5.61. The first kappa shape index (κ1) is 19.5. The van der Waals surface area contributed by atoms with E-state index in [1.54, 1.807) is 0 Å². The number of ether oxygens (including phenoxy) is 4. The molecule has 0 amide bonds. The van der Waals surface area contributed by atoms with Crippen molar-refractivity contribution < 1.29 is 28.8 Å². The summed E-state index contributed by atoms with van der Waals surface area (Å²) in [4.78, 5) is 11.4. The smallest absolute Gasteiger partial charge is 0.303 e.